The van der Waals surface area contributed by atoms with Gasteiger partial charge in [-0.2, -0.15) is 0 Å². The van der Waals surface area contributed by atoms with E-state index in [0.29, 0.717) is 16.1 Å². The number of para-hydroxylation sites is 1. The van der Waals surface area contributed by atoms with Gasteiger partial charge in [0, 0.05) is 5.69 Å². The average Bonchev–Trinajstić information content (AvgIpc) is 2.78. The number of thioether (sulfide) groups is 1. The van der Waals surface area contributed by atoms with Crippen LogP contribution in [0.3, 0.4) is 0 Å². The van der Waals surface area contributed by atoms with Gasteiger partial charge in [-0.3, -0.25) is 14.2 Å². The molecule has 0 spiro atoms. The van der Waals surface area contributed by atoms with Crippen molar-refractivity contribution in [2.75, 3.05) is 5.32 Å². The number of fused-ring (bicyclic) bond motifs is 1. The smallest absolute Gasteiger partial charge is 0.266 e. The van der Waals surface area contributed by atoms with Gasteiger partial charge in [-0.1, -0.05) is 53.7 Å². The fourth-order valence-corrected chi connectivity index (χ4v) is 5.12. The molecule has 3 aromatic carbocycles. The zero-order valence-corrected chi connectivity index (χ0v) is 21.2. The molecule has 5 nitrogen and oxygen atoms in total. The first-order valence-electron chi connectivity index (χ1n) is 11.3. The monoisotopic (exact) mass is 471 g/mol. The van der Waals surface area contributed by atoms with E-state index in [0.717, 1.165) is 39.2 Å². The summed E-state index contributed by atoms with van der Waals surface area (Å²) in [5.41, 5.74) is 7.40. The molecular formula is C28H29N3O2S. The number of aryl methyl sites for hydroxylation is 4. The van der Waals surface area contributed by atoms with Gasteiger partial charge in [0.05, 0.1) is 21.8 Å². The zero-order valence-electron chi connectivity index (χ0n) is 20.4. The van der Waals surface area contributed by atoms with Crippen molar-refractivity contribution in [3.05, 3.63) is 92.8 Å². The number of anilines is 1. The molecule has 1 unspecified atom stereocenters. The molecule has 1 amide bonds. The van der Waals surface area contributed by atoms with E-state index in [2.05, 4.69) is 17.4 Å². The second kappa shape index (κ2) is 9.47. The van der Waals surface area contributed by atoms with E-state index in [4.69, 9.17) is 4.98 Å². The molecule has 4 aromatic rings. The summed E-state index contributed by atoms with van der Waals surface area (Å²) >= 11 is 1.29. The fourth-order valence-electron chi connectivity index (χ4n) is 4.20. The summed E-state index contributed by atoms with van der Waals surface area (Å²) in [5.74, 6) is -0.130. The normalized spacial score (nSPS) is 12.1. The van der Waals surface area contributed by atoms with E-state index < -0.39 is 5.25 Å². The highest BCUT2D eigenvalue weighted by atomic mass is 32.2. The molecule has 1 N–H and O–H groups in total. The van der Waals surface area contributed by atoms with E-state index in [1.165, 1.54) is 11.8 Å². The van der Waals surface area contributed by atoms with Crippen molar-refractivity contribution < 1.29 is 4.79 Å². The second-order valence-electron chi connectivity index (χ2n) is 8.79. The third-order valence-corrected chi connectivity index (χ3v) is 7.19. The van der Waals surface area contributed by atoms with Crippen molar-refractivity contribution in [3.8, 4) is 5.69 Å². The molecule has 6 heteroatoms. The largest absolute Gasteiger partial charge is 0.325 e. The number of carbonyl (C=O) groups excluding carboxylic acids is 1. The first-order valence-corrected chi connectivity index (χ1v) is 12.2. The highest BCUT2D eigenvalue weighted by molar-refractivity contribution is 8.00. The summed E-state index contributed by atoms with van der Waals surface area (Å²) in [7, 11) is 0. The van der Waals surface area contributed by atoms with Crippen molar-refractivity contribution in [1.29, 1.82) is 0 Å². The Morgan fingerprint density at radius 1 is 0.941 bits per heavy atom. The highest BCUT2D eigenvalue weighted by Gasteiger charge is 2.22. The molecule has 0 radical (unpaired) electrons. The second-order valence-corrected chi connectivity index (χ2v) is 10.1. The van der Waals surface area contributed by atoms with Gasteiger partial charge in [0.15, 0.2) is 5.16 Å². The quantitative estimate of drug-likeness (QED) is 0.284. The van der Waals surface area contributed by atoms with Crippen molar-refractivity contribution in [1.82, 2.24) is 9.55 Å². The van der Waals surface area contributed by atoms with Crippen molar-refractivity contribution in [2.24, 2.45) is 0 Å². The van der Waals surface area contributed by atoms with Gasteiger partial charge in [-0.25, -0.2) is 4.98 Å². The summed E-state index contributed by atoms with van der Waals surface area (Å²) < 4.78 is 1.64. The molecule has 0 bridgehead atoms. The number of rotatable bonds is 5. The molecule has 0 saturated heterocycles. The van der Waals surface area contributed by atoms with Gasteiger partial charge < -0.3 is 5.32 Å². The number of hydrogen-bond acceptors (Lipinski definition) is 4. The van der Waals surface area contributed by atoms with Gasteiger partial charge in [0.2, 0.25) is 5.91 Å². The number of carbonyl (C=O) groups is 1. The first kappa shape index (κ1) is 23.8. The van der Waals surface area contributed by atoms with Gasteiger partial charge >= 0.3 is 0 Å². The Balaban J connectivity index is 1.76. The number of amides is 1. The van der Waals surface area contributed by atoms with Crippen LogP contribution in [0.2, 0.25) is 0 Å². The standard InChI is InChI=1S/C28H29N3O2S/c1-16-14-18(3)25(19(4)15-16)30-26(32)21(6)34-28-29-23-12-8-7-11-22(23)27(33)31(28)24-13-9-10-17(2)20(24)5/h7-15,21H,1-6H3,(H,30,32). The van der Waals surface area contributed by atoms with Gasteiger partial charge in [0.1, 0.15) is 0 Å². The zero-order chi connectivity index (χ0) is 24.6. The molecule has 1 aromatic heterocycles. The minimum atomic E-state index is -0.468. The van der Waals surface area contributed by atoms with Crippen molar-refractivity contribution in [2.45, 2.75) is 51.9 Å². The van der Waals surface area contributed by atoms with Gasteiger partial charge in [-0.15, -0.1) is 0 Å². The Bertz CT molecular complexity index is 1450. The molecule has 0 aliphatic carbocycles. The molecule has 0 fully saturated rings. The average molecular weight is 472 g/mol. The Labute approximate surface area is 204 Å². The van der Waals surface area contributed by atoms with Crippen LogP contribution in [0.5, 0.6) is 0 Å². The number of hydrogen-bond donors (Lipinski definition) is 1. The van der Waals surface area contributed by atoms with Crippen LogP contribution in [-0.2, 0) is 4.79 Å². The Kier molecular flexibility index (Phi) is 6.62. The number of benzene rings is 3. The van der Waals surface area contributed by atoms with E-state index in [-0.39, 0.29) is 11.5 Å². The summed E-state index contributed by atoms with van der Waals surface area (Å²) in [6.45, 7) is 11.9. The number of nitrogens with one attached hydrogen (secondary N) is 1. The van der Waals surface area contributed by atoms with Crippen molar-refractivity contribution in [3.63, 3.8) is 0 Å². The van der Waals surface area contributed by atoms with Crippen molar-refractivity contribution >= 4 is 34.3 Å². The van der Waals surface area contributed by atoms with Crippen LogP contribution in [0.1, 0.15) is 34.7 Å². The maximum atomic E-state index is 13.6. The Morgan fingerprint density at radius 3 is 2.32 bits per heavy atom. The molecule has 0 saturated carbocycles. The molecule has 174 valence electrons. The molecule has 4 rings (SSSR count). The third-order valence-electron chi connectivity index (χ3n) is 6.14. The third kappa shape index (κ3) is 4.50. The highest BCUT2D eigenvalue weighted by Crippen LogP contribution is 2.29. The topological polar surface area (TPSA) is 64.0 Å². The molecule has 34 heavy (non-hydrogen) atoms. The van der Waals surface area contributed by atoms with E-state index in [1.807, 2.05) is 77.9 Å². The summed E-state index contributed by atoms with van der Waals surface area (Å²) in [5, 5.41) is 3.66. The van der Waals surface area contributed by atoms with Crippen LogP contribution in [0.25, 0.3) is 16.6 Å². The first-order chi connectivity index (χ1) is 16.2. The van der Waals surface area contributed by atoms with Crippen LogP contribution in [-0.4, -0.2) is 20.7 Å². The molecule has 0 aliphatic rings. The van der Waals surface area contributed by atoms with Crippen LogP contribution in [0.4, 0.5) is 5.69 Å². The Hall–Kier alpha value is -3.38. The Morgan fingerprint density at radius 2 is 1.62 bits per heavy atom. The maximum Gasteiger partial charge on any atom is 0.266 e. The van der Waals surface area contributed by atoms with Crippen LogP contribution >= 0.6 is 11.8 Å². The predicted molar refractivity (Wildman–Crippen MR) is 141 cm³/mol. The predicted octanol–water partition coefficient (Wildman–Crippen LogP) is 6.05. The molecule has 0 aliphatic heterocycles. The van der Waals surface area contributed by atoms with E-state index in [9.17, 15) is 9.59 Å². The molecule has 1 atom stereocenters. The lowest BCUT2D eigenvalue weighted by Gasteiger charge is -2.19. The van der Waals surface area contributed by atoms with Crippen LogP contribution < -0.4 is 10.9 Å². The van der Waals surface area contributed by atoms with Crippen LogP contribution in [0.15, 0.2) is 64.5 Å². The lowest BCUT2D eigenvalue weighted by Crippen LogP contribution is -2.27. The van der Waals surface area contributed by atoms with Crippen LogP contribution in [0, 0.1) is 34.6 Å². The fraction of sp³-hybridized carbons (Fsp3) is 0.250. The minimum absolute atomic E-state index is 0.130. The van der Waals surface area contributed by atoms with Gasteiger partial charge in [-0.05, 0) is 82.0 Å². The summed E-state index contributed by atoms with van der Waals surface area (Å²) in [4.78, 5) is 31.6. The number of aromatic nitrogens is 2. The molecule has 1 heterocycles. The van der Waals surface area contributed by atoms with Gasteiger partial charge in [0.25, 0.3) is 5.56 Å². The lowest BCUT2D eigenvalue weighted by atomic mass is 10.1. The SMILES string of the molecule is Cc1cc(C)c(NC(=O)C(C)Sc2nc3ccccc3c(=O)n2-c2cccc(C)c2C)c(C)c1. The maximum absolute atomic E-state index is 13.6. The van der Waals surface area contributed by atoms with E-state index in [1.54, 1.807) is 10.6 Å². The minimum Gasteiger partial charge on any atom is -0.325 e. The molecular weight excluding hydrogens is 442 g/mol. The summed E-state index contributed by atoms with van der Waals surface area (Å²) in [6.07, 6.45) is 0. The summed E-state index contributed by atoms with van der Waals surface area (Å²) in [6, 6.07) is 17.3. The number of nitrogens with zero attached hydrogens (tertiary/aromatic N) is 2. The lowest BCUT2D eigenvalue weighted by molar-refractivity contribution is -0.115. The van der Waals surface area contributed by atoms with E-state index >= 15 is 0 Å².